The molecule has 1 aromatic carbocycles. The van der Waals surface area contributed by atoms with Crippen molar-refractivity contribution in [2.45, 2.75) is 37.6 Å². The summed E-state index contributed by atoms with van der Waals surface area (Å²) in [6.07, 6.45) is 3.36. The molecule has 0 bridgehead atoms. The Morgan fingerprint density at radius 3 is 3.00 bits per heavy atom. The van der Waals surface area contributed by atoms with Crippen molar-refractivity contribution < 1.29 is 4.74 Å². The van der Waals surface area contributed by atoms with E-state index in [1.165, 1.54) is 6.42 Å². The van der Waals surface area contributed by atoms with E-state index in [9.17, 15) is 0 Å². The standard InChI is InChI=1S/C14H19N3O/c1-14(7-3-4-12(14)15)13-16-10-6-5-9(18-2)8-11(10)17-13/h5-6,8,12H,3-4,7,15H2,1-2H3,(H,16,17). The number of rotatable bonds is 2. The van der Waals surface area contributed by atoms with E-state index in [0.29, 0.717) is 0 Å². The van der Waals surface area contributed by atoms with Crippen LogP contribution >= 0.6 is 0 Å². The maximum atomic E-state index is 6.24. The van der Waals surface area contributed by atoms with Crippen LogP contribution in [-0.4, -0.2) is 23.1 Å². The molecule has 1 fully saturated rings. The third-order valence-corrected chi connectivity index (χ3v) is 4.26. The molecule has 1 aromatic heterocycles. The van der Waals surface area contributed by atoms with Crippen molar-refractivity contribution in [1.82, 2.24) is 9.97 Å². The molecule has 2 unspecified atom stereocenters. The summed E-state index contributed by atoms with van der Waals surface area (Å²) in [6.45, 7) is 2.21. The van der Waals surface area contributed by atoms with Crippen LogP contribution in [0.1, 0.15) is 32.0 Å². The van der Waals surface area contributed by atoms with Gasteiger partial charge in [-0.2, -0.15) is 0 Å². The number of fused-ring (bicyclic) bond motifs is 1. The van der Waals surface area contributed by atoms with Crippen LogP contribution in [0.4, 0.5) is 0 Å². The average Bonchev–Trinajstić information content (AvgIpc) is 2.94. The van der Waals surface area contributed by atoms with Crippen LogP contribution < -0.4 is 10.5 Å². The summed E-state index contributed by atoms with van der Waals surface area (Å²) in [5.74, 6) is 1.86. The van der Waals surface area contributed by atoms with Crippen LogP contribution in [0.2, 0.25) is 0 Å². The van der Waals surface area contributed by atoms with Gasteiger partial charge < -0.3 is 15.5 Å². The zero-order valence-electron chi connectivity index (χ0n) is 10.9. The lowest BCUT2D eigenvalue weighted by atomic mass is 9.84. The number of hydrogen-bond donors (Lipinski definition) is 2. The van der Waals surface area contributed by atoms with E-state index < -0.39 is 0 Å². The van der Waals surface area contributed by atoms with Crippen molar-refractivity contribution in [3.05, 3.63) is 24.0 Å². The zero-order chi connectivity index (χ0) is 12.8. The summed E-state index contributed by atoms with van der Waals surface area (Å²) in [5, 5.41) is 0. The predicted molar refractivity (Wildman–Crippen MR) is 71.8 cm³/mol. The number of nitrogens with one attached hydrogen (secondary N) is 1. The molecule has 0 radical (unpaired) electrons. The first-order chi connectivity index (χ1) is 8.63. The molecular formula is C14H19N3O. The number of ether oxygens (including phenoxy) is 1. The fourth-order valence-corrected chi connectivity index (χ4v) is 2.87. The molecule has 1 aliphatic carbocycles. The van der Waals surface area contributed by atoms with Crippen LogP contribution in [-0.2, 0) is 5.41 Å². The molecule has 0 amide bonds. The van der Waals surface area contributed by atoms with Gasteiger partial charge in [0, 0.05) is 17.5 Å². The molecule has 18 heavy (non-hydrogen) atoms. The van der Waals surface area contributed by atoms with Crippen molar-refractivity contribution >= 4 is 11.0 Å². The number of methoxy groups -OCH3 is 1. The van der Waals surface area contributed by atoms with E-state index in [-0.39, 0.29) is 11.5 Å². The van der Waals surface area contributed by atoms with Crippen molar-refractivity contribution in [3.8, 4) is 5.75 Å². The second kappa shape index (κ2) is 3.99. The lowest BCUT2D eigenvalue weighted by Gasteiger charge is -2.26. The lowest BCUT2D eigenvalue weighted by Crippen LogP contribution is -2.39. The quantitative estimate of drug-likeness (QED) is 0.853. The van der Waals surface area contributed by atoms with Gasteiger partial charge >= 0.3 is 0 Å². The molecule has 2 atom stereocenters. The van der Waals surface area contributed by atoms with Crippen molar-refractivity contribution in [1.29, 1.82) is 0 Å². The van der Waals surface area contributed by atoms with Crippen molar-refractivity contribution in [3.63, 3.8) is 0 Å². The van der Waals surface area contributed by atoms with Crippen molar-refractivity contribution in [2.24, 2.45) is 5.73 Å². The Bertz CT molecular complexity index is 577. The Kier molecular flexibility index (Phi) is 2.55. The summed E-state index contributed by atoms with van der Waals surface area (Å²) in [4.78, 5) is 8.11. The molecule has 96 valence electrons. The highest BCUT2D eigenvalue weighted by Crippen LogP contribution is 2.39. The SMILES string of the molecule is COc1ccc2nc(C3(C)CCCC3N)[nH]c2c1. The summed E-state index contributed by atoms with van der Waals surface area (Å²) in [5.41, 5.74) is 8.21. The fourth-order valence-electron chi connectivity index (χ4n) is 2.87. The second-order valence-corrected chi connectivity index (χ2v) is 5.38. The van der Waals surface area contributed by atoms with Gasteiger partial charge in [-0.25, -0.2) is 4.98 Å². The molecule has 2 aromatic rings. The summed E-state index contributed by atoms with van der Waals surface area (Å²) in [7, 11) is 1.67. The largest absolute Gasteiger partial charge is 0.497 e. The van der Waals surface area contributed by atoms with Gasteiger partial charge in [-0.3, -0.25) is 0 Å². The van der Waals surface area contributed by atoms with Crippen LogP contribution in [0.15, 0.2) is 18.2 Å². The Hall–Kier alpha value is -1.55. The number of imidazole rings is 1. The molecule has 1 heterocycles. The fraction of sp³-hybridized carbons (Fsp3) is 0.500. The Morgan fingerprint density at radius 1 is 1.50 bits per heavy atom. The maximum Gasteiger partial charge on any atom is 0.121 e. The Morgan fingerprint density at radius 2 is 2.33 bits per heavy atom. The summed E-state index contributed by atoms with van der Waals surface area (Å²) in [6, 6.07) is 6.09. The van der Waals surface area contributed by atoms with Gasteiger partial charge in [0.05, 0.1) is 18.1 Å². The summed E-state index contributed by atoms with van der Waals surface area (Å²) >= 11 is 0. The number of hydrogen-bond acceptors (Lipinski definition) is 3. The smallest absolute Gasteiger partial charge is 0.121 e. The first-order valence-corrected chi connectivity index (χ1v) is 6.43. The number of nitrogens with two attached hydrogens (primary N) is 1. The minimum atomic E-state index is -0.0216. The van der Waals surface area contributed by atoms with E-state index in [1.54, 1.807) is 7.11 Å². The molecule has 0 aliphatic heterocycles. The maximum absolute atomic E-state index is 6.24. The molecule has 0 saturated heterocycles. The van der Waals surface area contributed by atoms with Gasteiger partial charge in [-0.1, -0.05) is 13.3 Å². The third-order valence-electron chi connectivity index (χ3n) is 4.26. The highest BCUT2D eigenvalue weighted by Gasteiger charge is 2.40. The number of nitrogens with zero attached hydrogens (tertiary/aromatic N) is 1. The normalized spacial score (nSPS) is 27.8. The first-order valence-electron chi connectivity index (χ1n) is 6.43. The molecule has 1 saturated carbocycles. The monoisotopic (exact) mass is 245 g/mol. The average molecular weight is 245 g/mol. The highest BCUT2D eigenvalue weighted by molar-refractivity contribution is 5.77. The van der Waals surface area contributed by atoms with Gasteiger partial charge in [0.2, 0.25) is 0 Å². The molecule has 0 spiro atoms. The van der Waals surface area contributed by atoms with E-state index >= 15 is 0 Å². The first kappa shape index (κ1) is 11.5. The molecule has 3 N–H and O–H groups in total. The minimum Gasteiger partial charge on any atom is -0.497 e. The molecular weight excluding hydrogens is 226 g/mol. The van der Waals surface area contributed by atoms with E-state index in [0.717, 1.165) is 35.4 Å². The molecule has 4 nitrogen and oxygen atoms in total. The van der Waals surface area contributed by atoms with Gasteiger partial charge in [0.25, 0.3) is 0 Å². The predicted octanol–water partition coefficient (Wildman–Crippen LogP) is 2.34. The number of H-pyrrole nitrogens is 1. The number of aromatic nitrogens is 2. The van der Waals surface area contributed by atoms with E-state index in [4.69, 9.17) is 15.5 Å². The van der Waals surface area contributed by atoms with Crippen LogP contribution in [0.5, 0.6) is 5.75 Å². The summed E-state index contributed by atoms with van der Waals surface area (Å²) < 4.78 is 5.23. The Labute approximate surface area is 107 Å². The number of benzene rings is 1. The van der Waals surface area contributed by atoms with Crippen LogP contribution in [0.3, 0.4) is 0 Å². The van der Waals surface area contributed by atoms with Gasteiger partial charge in [-0.05, 0) is 25.0 Å². The zero-order valence-corrected chi connectivity index (χ0v) is 10.9. The number of aromatic amines is 1. The van der Waals surface area contributed by atoms with Gasteiger partial charge in [0.15, 0.2) is 0 Å². The van der Waals surface area contributed by atoms with E-state index in [2.05, 4.69) is 11.9 Å². The Balaban J connectivity index is 2.08. The van der Waals surface area contributed by atoms with Gasteiger partial charge in [0.1, 0.15) is 11.6 Å². The molecule has 3 rings (SSSR count). The third kappa shape index (κ3) is 1.60. The van der Waals surface area contributed by atoms with Crippen molar-refractivity contribution in [2.75, 3.05) is 7.11 Å². The second-order valence-electron chi connectivity index (χ2n) is 5.38. The van der Waals surface area contributed by atoms with E-state index in [1.807, 2.05) is 18.2 Å². The molecule has 1 aliphatic rings. The van der Waals surface area contributed by atoms with Crippen LogP contribution in [0.25, 0.3) is 11.0 Å². The highest BCUT2D eigenvalue weighted by atomic mass is 16.5. The van der Waals surface area contributed by atoms with Crippen LogP contribution in [0, 0.1) is 0 Å². The molecule has 4 heteroatoms. The minimum absolute atomic E-state index is 0.0216. The lowest BCUT2D eigenvalue weighted by molar-refractivity contribution is 0.408. The van der Waals surface area contributed by atoms with Gasteiger partial charge in [-0.15, -0.1) is 0 Å². The topological polar surface area (TPSA) is 63.9 Å².